The summed E-state index contributed by atoms with van der Waals surface area (Å²) in [6.07, 6.45) is 0. The van der Waals surface area contributed by atoms with E-state index in [4.69, 9.17) is 21.4 Å². The molecule has 0 unspecified atom stereocenters. The first-order valence-electron chi connectivity index (χ1n) is 4.30. The quantitative estimate of drug-likeness (QED) is 0.778. The van der Waals surface area contributed by atoms with Crippen LogP contribution < -0.4 is 4.74 Å². The summed E-state index contributed by atoms with van der Waals surface area (Å²) in [6, 6.07) is 5.32. The summed E-state index contributed by atoms with van der Waals surface area (Å²) in [5, 5.41) is 9.43. The molecule has 0 radical (unpaired) electrons. The van der Waals surface area contributed by atoms with Crippen molar-refractivity contribution in [1.29, 1.82) is 0 Å². The van der Waals surface area contributed by atoms with Gasteiger partial charge < -0.3 is 9.84 Å². The second kappa shape index (κ2) is 5.03. The molecule has 14 heavy (non-hydrogen) atoms. The fourth-order valence-corrected chi connectivity index (χ4v) is 1.23. The molecular weight excluding hydrogens is 200 g/mol. The fraction of sp³-hybridized carbons (Fsp3) is 0.273. The van der Waals surface area contributed by atoms with Crippen molar-refractivity contribution in [3.8, 4) is 5.75 Å². The van der Waals surface area contributed by atoms with Crippen LogP contribution in [0.1, 0.15) is 12.5 Å². The molecule has 0 aliphatic rings. The van der Waals surface area contributed by atoms with Crippen molar-refractivity contribution in [3.05, 3.63) is 40.9 Å². The molecule has 0 heterocycles. The van der Waals surface area contributed by atoms with Crippen molar-refractivity contribution in [1.82, 2.24) is 0 Å². The van der Waals surface area contributed by atoms with Crippen LogP contribution in [0.2, 0.25) is 5.02 Å². The Bertz CT molecular complexity index is 334. The number of halogens is 1. The number of rotatable bonds is 4. The Morgan fingerprint density at radius 2 is 2.29 bits per heavy atom. The predicted molar refractivity (Wildman–Crippen MR) is 57.7 cm³/mol. The van der Waals surface area contributed by atoms with Gasteiger partial charge in [-0.3, -0.25) is 0 Å². The highest BCUT2D eigenvalue weighted by atomic mass is 35.5. The van der Waals surface area contributed by atoms with Gasteiger partial charge in [0, 0.05) is 0 Å². The van der Waals surface area contributed by atoms with Crippen LogP contribution in [-0.2, 0) is 6.61 Å². The summed E-state index contributed by atoms with van der Waals surface area (Å²) in [5.74, 6) is 0.584. The molecule has 0 aromatic heterocycles. The Kier molecular flexibility index (Phi) is 3.98. The zero-order chi connectivity index (χ0) is 10.6. The summed E-state index contributed by atoms with van der Waals surface area (Å²) >= 11 is 5.98. The number of benzene rings is 1. The van der Waals surface area contributed by atoms with E-state index in [-0.39, 0.29) is 6.61 Å². The molecule has 1 aromatic rings. The average molecular weight is 213 g/mol. The van der Waals surface area contributed by atoms with Gasteiger partial charge in [0.1, 0.15) is 12.4 Å². The lowest BCUT2D eigenvalue weighted by molar-refractivity contribution is 0.280. The third-order valence-electron chi connectivity index (χ3n) is 1.69. The first-order valence-corrected chi connectivity index (χ1v) is 4.68. The third kappa shape index (κ3) is 2.76. The lowest BCUT2D eigenvalue weighted by Gasteiger charge is -2.09. The number of aliphatic hydroxyl groups excluding tert-OH is 1. The Balaban J connectivity index is 2.81. The van der Waals surface area contributed by atoms with Gasteiger partial charge in [-0.05, 0) is 24.1 Å². The first-order chi connectivity index (χ1) is 6.65. The van der Waals surface area contributed by atoms with Gasteiger partial charge in [0.05, 0.1) is 11.6 Å². The van der Waals surface area contributed by atoms with E-state index in [2.05, 4.69) is 6.58 Å². The van der Waals surface area contributed by atoms with Crippen molar-refractivity contribution in [2.45, 2.75) is 13.5 Å². The van der Waals surface area contributed by atoms with Gasteiger partial charge in [-0.15, -0.1) is 0 Å². The molecule has 0 amide bonds. The highest BCUT2D eigenvalue weighted by molar-refractivity contribution is 6.32. The van der Waals surface area contributed by atoms with E-state index >= 15 is 0 Å². The van der Waals surface area contributed by atoms with Crippen molar-refractivity contribution in [2.24, 2.45) is 0 Å². The van der Waals surface area contributed by atoms with Gasteiger partial charge >= 0.3 is 0 Å². The Hall–Kier alpha value is -0.990. The van der Waals surface area contributed by atoms with E-state index in [1.165, 1.54) is 0 Å². The van der Waals surface area contributed by atoms with Gasteiger partial charge in [0.2, 0.25) is 0 Å². The van der Waals surface area contributed by atoms with E-state index in [0.29, 0.717) is 22.9 Å². The van der Waals surface area contributed by atoms with E-state index in [1.54, 1.807) is 18.2 Å². The zero-order valence-corrected chi connectivity index (χ0v) is 8.84. The predicted octanol–water partition coefficient (Wildman–Crippen LogP) is 2.79. The van der Waals surface area contributed by atoms with Crippen molar-refractivity contribution in [2.75, 3.05) is 6.61 Å². The third-order valence-corrected chi connectivity index (χ3v) is 2.12. The smallest absolute Gasteiger partial charge is 0.138 e. The molecule has 2 nitrogen and oxygen atoms in total. The van der Waals surface area contributed by atoms with Crippen molar-refractivity contribution in [3.63, 3.8) is 0 Å². The van der Waals surface area contributed by atoms with E-state index in [1.807, 2.05) is 6.92 Å². The molecule has 1 N–H and O–H groups in total. The minimum absolute atomic E-state index is 0.0803. The monoisotopic (exact) mass is 212 g/mol. The van der Waals surface area contributed by atoms with Crippen LogP contribution in [0, 0.1) is 0 Å². The second-order valence-electron chi connectivity index (χ2n) is 3.13. The maximum atomic E-state index is 8.96. The number of ether oxygens (including phenoxy) is 1. The fourth-order valence-electron chi connectivity index (χ4n) is 0.991. The minimum atomic E-state index is -0.0803. The Morgan fingerprint density at radius 1 is 1.57 bits per heavy atom. The molecule has 0 saturated carbocycles. The van der Waals surface area contributed by atoms with Gasteiger partial charge in [-0.25, -0.2) is 0 Å². The van der Waals surface area contributed by atoms with Gasteiger partial charge in [0.25, 0.3) is 0 Å². The molecule has 1 rings (SSSR count). The maximum Gasteiger partial charge on any atom is 0.138 e. The SMILES string of the molecule is C=C(C)COc1cccc(CO)c1Cl. The van der Waals surface area contributed by atoms with Crippen molar-refractivity contribution >= 4 is 11.6 Å². The lowest BCUT2D eigenvalue weighted by Crippen LogP contribution is -1.99. The molecule has 0 spiro atoms. The minimum Gasteiger partial charge on any atom is -0.488 e. The highest BCUT2D eigenvalue weighted by Gasteiger charge is 2.05. The molecule has 0 fully saturated rings. The molecular formula is C11H13ClO2. The van der Waals surface area contributed by atoms with Crippen LogP contribution in [0.3, 0.4) is 0 Å². The topological polar surface area (TPSA) is 29.5 Å². The zero-order valence-electron chi connectivity index (χ0n) is 8.09. The van der Waals surface area contributed by atoms with E-state index in [0.717, 1.165) is 5.57 Å². The lowest BCUT2D eigenvalue weighted by atomic mass is 10.2. The standard InChI is InChI=1S/C11H13ClO2/c1-8(2)7-14-10-5-3-4-9(6-13)11(10)12/h3-5,13H,1,6-7H2,2H3. The summed E-state index contributed by atoms with van der Waals surface area (Å²) in [4.78, 5) is 0. The number of aliphatic hydroxyl groups is 1. The number of hydrogen-bond acceptors (Lipinski definition) is 2. The molecule has 0 saturated heterocycles. The van der Waals surface area contributed by atoms with Crippen LogP contribution in [0.5, 0.6) is 5.75 Å². The van der Waals surface area contributed by atoms with Crippen LogP contribution in [-0.4, -0.2) is 11.7 Å². The summed E-state index contributed by atoms with van der Waals surface area (Å²) in [6.45, 7) is 5.96. The molecule has 3 heteroatoms. The molecule has 0 bridgehead atoms. The Morgan fingerprint density at radius 3 is 2.86 bits per heavy atom. The maximum absolute atomic E-state index is 8.96. The van der Waals surface area contributed by atoms with E-state index in [9.17, 15) is 0 Å². The summed E-state index contributed by atoms with van der Waals surface area (Å²) in [7, 11) is 0. The van der Waals surface area contributed by atoms with Gasteiger partial charge in [-0.2, -0.15) is 0 Å². The molecule has 0 aliphatic carbocycles. The normalized spacial score (nSPS) is 9.93. The Labute approximate surface area is 88.8 Å². The van der Waals surface area contributed by atoms with Crippen LogP contribution in [0.25, 0.3) is 0 Å². The van der Waals surface area contributed by atoms with Crippen LogP contribution in [0.4, 0.5) is 0 Å². The van der Waals surface area contributed by atoms with Gasteiger partial charge in [0.15, 0.2) is 0 Å². The molecule has 0 atom stereocenters. The molecule has 76 valence electrons. The van der Waals surface area contributed by atoms with Crippen molar-refractivity contribution < 1.29 is 9.84 Å². The largest absolute Gasteiger partial charge is 0.488 e. The van der Waals surface area contributed by atoms with Gasteiger partial charge in [-0.1, -0.05) is 30.3 Å². The summed E-state index contributed by atoms with van der Waals surface area (Å²) < 4.78 is 5.40. The number of hydrogen-bond donors (Lipinski definition) is 1. The molecule has 1 aromatic carbocycles. The van der Waals surface area contributed by atoms with Crippen LogP contribution in [0.15, 0.2) is 30.4 Å². The first kappa shape index (κ1) is 11.1. The molecule has 0 aliphatic heterocycles. The average Bonchev–Trinajstić information content (AvgIpc) is 2.16. The van der Waals surface area contributed by atoms with Crippen LogP contribution >= 0.6 is 11.6 Å². The summed E-state index contributed by atoms with van der Waals surface area (Å²) in [5.41, 5.74) is 1.60. The second-order valence-corrected chi connectivity index (χ2v) is 3.51. The van der Waals surface area contributed by atoms with E-state index < -0.39 is 0 Å². The highest BCUT2D eigenvalue weighted by Crippen LogP contribution is 2.28.